The first kappa shape index (κ1) is 14.3. The van der Waals surface area contributed by atoms with Crippen LogP contribution in [0, 0.1) is 0 Å². The molecule has 4 heteroatoms. The van der Waals surface area contributed by atoms with E-state index < -0.39 is 0 Å². The van der Waals surface area contributed by atoms with Gasteiger partial charge < -0.3 is 10.5 Å². The van der Waals surface area contributed by atoms with Crippen LogP contribution in [0.1, 0.15) is 32.6 Å². The molecule has 0 radical (unpaired) electrons. The second kappa shape index (κ2) is 10.7. The van der Waals surface area contributed by atoms with Crippen LogP contribution < -0.4 is 5.73 Å². The zero-order valence-electron chi connectivity index (χ0n) is 7.54. The van der Waals surface area contributed by atoms with Crippen LogP contribution in [-0.2, 0) is 9.53 Å². The summed E-state index contributed by atoms with van der Waals surface area (Å²) in [5.41, 5.74) is 5.31. The Labute approximate surface area is 80.1 Å². The molecule has 0 aliphatic carbocycles. The molecule has 2 N–H and O–H groups in total. The number of carbonyl (C=O) groups excluding carboxylic acids is 1. The zero-order chi connectivity index (χ0) is 8.53. The van der Waals surface area contributed by atoms with Gasteiger partial charge in [0.2, 0.25) is 0 Å². The van der Waals surface area contributed by atoms with Crippen molar-refractivity contribution >= 4 is 18.4 Å². The van der Waals surface area contributed by atoms with E-state index in [-0.39, 0.29) is 18.4 Å². The molecule has 0 atom stereocenters. The molecular formula is C8H18ClNO2. The summed E-state index contributed by atoms with van der Waals surface area (Å²) in [6.07, 6.45) is 4.27. The number of rotatable bonds is 6. The Morgan fingerprint density at radius 1 is 1.25 bits per heavy atom. The number of hydrogen-bond acceptors (Lipinski definition) is 3. The third-order valence-corrected chi connectivity index (χ3v) is 1.40. The van der Waals surface area contributed by atoms with Crippen LogP contribution in [0.15, 0.2) is 0 Å². The lowest BCUT2D eigenvalue weighted by atomic mass is 10.2. The smallest absolute Gasteiger partial charge is 0.302 e. The monoisotopic (exact) mass is 195 g/mol. The molecule has 0 fully saturated rings. The predicted molar refractivity (Wildman–Crippen MR) is 51.4 cm³/mol. The first-order valence-electron chi connectivity index (χ1n) is 4.11. The molecule has 0 aromatic heterocycles. The second-order valence-corrected chi connectivity index (χ2v) is 2.54. The molecule has 0 aliphatic heterocycles. The average Bonchev–Trinajstić information content (AvgIpc) is 1.96. The Kier molecular flexibility index (Phi) is 12.7. The molecule has 0 unspecified atom stereocenters. The van der Waals surface area contributed by atoms with Crippen molar-refractivity contribution in [2.45, 2.75) is 32.6 Å². The molecule has 0 spiro atoms. The van der Waals surface area contributed by atoms with E-state index >= 15 is 0 Å². The SMILES string of the molecule is CC(=O)OCCCCCCN.Cl. The van der Waals surface area contributed by atoms with Gasteiger partial charge in [-0.15, -0.1) is 12.4 Å². The lowest BCUT2D eigenvalue weighted by Gasteiger charge is -2.00. The zero-order valence-corrected chi connectivity index (χ0v) is 8.36. The van der Waals surface area contributed by atoms with Gasteiger partial charge in [0, 0.05) is 6.92 Å². The van der Waals surface area contributed by atoms with Gasteiger partial charge in [0.1, 0.15) is 0 Å². The van der Waals surface area contributed by atoms with Crippen LogP contribution >= 0.6 is 12.4 Å². The van der Waals surface area contributed by atoms with E-state index in [2.05, 4.69) is 0 Å². The first-order chi connectivity index (χ1) is 5.27. The molecule has 0 saturated carbocycles. The van der Waals surface area contributed by atoms with Crippen molar-refractivity contribution in [1.29, 1.82) is 0 Å². The largest absolute Gasteiger partial charge is 0.466 e. The molecule has 0 aromatic rings. The van der Waals surface area contributed by atoms with Crippen LogP contribution in [0.5, 0.6) is 0 Å². The van der Waals surface area contributed by atoms with Crippen molar-refractivity contribution < 1.29 is 9.53 Å². The van der Waals surface area contributed by atoms with E-state index in [1.165, 1.54) is 6.92 Å². The summed E-state index contributed by atoms with van der Waals surface area (Å²) in [4.78, 5) is 10.3. The van der Waals surface area contributed by atoms with Crippen molar-refractivity contribution in [3.63, 3.8) is 0 Å². The fourth-order valence-electron chi connectivity index (χ4n) is 0.816. The van der Waals surface area contributed by atoms with Crippen LogP contribution in [0.2, 0.25) is 0 Å². The van der Waals surface area contributed by atoms with Gasteiger partial charge >= 0.3 is 5.97 Å². The minimum Gasteiger partial charge on any atom is -0.466 e. The summed E-state index contributed by atoms with van der Waals surface area (Å²) in [5, 5.41) is 0. The van der Waals surface area contributed by atoms with Crippen molar-refractivity contribution in [2.75, 3.05) is 13.2 Å². The van der Waals surface area contributed by atoms with Crippen LogP contribution in [0.3, 0.4) is 0 Å². The molecule has 0 heterocycles. The summed E-state index contributed by atoms with van der Waals surface area (Å²) >= 11 is 0. The number of hydrogen-bond donors (Lipinski definition) is 1. The molecule has 0 aliphatic rings. The fourth-order valence-corrected chi connectivity index (χ4v) is 0.816. The highest BCUT2D eigenvalue weighted by molar-refractivity contribution is 5.85. The minimum atomic E-state index is -0.191. The van der Waals surface area contributed by atoms with Gasteiger partial charge in [-0.1, -0.05) is 12.8 Å². The van der Waals surface area contributed by atoms with Gasteiger partial charge in [0.15, 0.2) is 0 Å². The number of carbonyl (C=O) groups is 1. The Morgan fingerprint density at radius 2 is 1.83 bits per heavy atom. The third kappa shape index (κ3) is 12.4. The molecule has 74 valence electrons. The first-order valence-corrected chi connectivity index (χ1v) is 4.11. The van der Waals surface area contributed by atoms with Crippen LogP contribution in [0.4, 0.5) is 0 Å². The summed E-state index contributed by atoms with van der Waals surface area (Å²) in [5.74, 6) is -0.191. The molecule has 0 amide bonds. The van der Waals surface area contributed by atoms with E-state index in [1.807, 2.05) is 0 Å². The van der Waals surface area contributed by atoms with Gasteiger partial charge in [-0.05, 0) is 19.4 Å². The Balaban J connectivity index is 0. The van der Waals surface area contributed by atoms with Crippen LogP contribution in [-0.4, -0.2) is 19.1 Å². The van der Waals surface area contributed by atoms with E-state index in [9.17, 15) is 4.79 Å². The highest BCUT2D eigenvalue weighted by Crippen LogP contribution is 1.98. The molecule has 0 saturated heterocycles. The van der Waals surface area contributed by atoms with E-state index in [4.69, 9.17) is 10.5 Å². The second-order valence-electron chi connectivity index (χ2n) is 2.54. The lowest BCUT2D eigenvalue weighted by molar-refractivity contribution is -0.141. The number of unbranched alkanes of at least 4 members (excludes halogenated alkanes) is 3. The third-order valence-electron chi connectivity index (χ3n) is 1.40. The summed E-state index contributed by atoms with van der Waals surface area (Å²) in [6.45, 7) is 2.74. The number of halogens is 1. The predicted octanol–water partition coefficient (Wildman–Crippen LogP) is 1.49. The Morgan fingerprint density at radius 3 is 2.33 bits per heavy atom. The molecule has 0 aromatic carbocycles. The topological polar surface area (TPSA) is 52.3 Å². The lowest BCUT2D eigenvalue weighted by Crippen LogP contribution is -2.01. The van der Waals surface area contributed by atoms with Crippen molar-refractivity contribution in [3.8, 4) is 0 Å². The number of esters is 1. The normalized spacial score (nSPS) is 8.83. The molecule has 3 nitrogen and oxygen atoms in total. The van der Waals surface area contributed by atoms with E-state index in [0.29, 0.717) is 6.61 Å². The van der Waals surface area contributed by atoms with E-state index in [1.54, 1.807) is 0 Å². The highest BCUT2D eigenvalue weighted by atomic mass is 35.5. The standard InChI is InChI=1S/C8H17NO2.ClH/c1-8(10)11-7-5-3-2-4-6-9;/h2-7,9H2,1H3;1H. The molecular weight excluding hydrogens is 178 g/mol. The molecule has 0 rings (SSSR count). The molecule has 0 bridgehead atoms. The highest BCUT2D eigenvalue weighted by Gasteiger charge is 1.92. The Hall–Kier alpha value is -0.280. The van der Waals surface area contributed by atoms with Gasteiger partial charge in [-0.3, -0.25) is 4.79 Å². The van der Waals surface area contributed by atoms with Crippen LogP contribution in [0.25, 0.3) is 0 Å². The van der Waals surface area contributed by atoms with E-state index in [0.717, 1.165) is 32.2 Å². The number of nitrogens with two attached hydrogens (primary N) is 1. The summed E-state index contributed by atoms with van der Waals surface area (Å²) in [7, 11) is 0. The average molecular weight is 196 g/mol. The van der Waals surface area contributed by atoms with Crippen molar-refractivity contribution in [3.05, 3.63) is 0 Å². The molecule has 12 heavy (non-hydrogen) atoms. The maximum atomic E-state index is 10.3. The summed E-state index contributed by atoms with van der Waals surface area (Å²) < 4.78 is 4.75. The van der Waals surface area contributed by atoms with Gasteiger partial charge in [-0.2, -0.15) is 0 Å². The fraction of sp³-hybridized carbons (Fsp3) is 0.875. The van der Waals surface area contributed by atoms with Gasteiger partial charge in [-0.25, -0.2) is 0 Å². The minimum absolute atomic E-state index is 0. The van der Waals surface area contributed by atoms with Gasteiger partial charge in [0.25, 0.3) is 0 Å². The van der Waals surface area contributed by atoms with Crippen molar-refractivity contribution in [2.24, 2.45) is 5.73 Å². The maximum Gasteiger partial charge on any atom is 0.302 e. The Bertz CT molecular complexity index is 109. The quantitative estimate of drug-likeness (QED) is 0.516. The van der Waals surface area contributed by atoms with Crippen molar-refractivity contribution in [1.82, 2.24) is 0 Å². The summed E-state index contributed by atoms with van der Waals surface area (Å²) in [6, 6.07) is 0. The number of ether oxygens (including phenoxy) is 1. The van der Waals surface area contributed by atoms with Gasteiger partial charge in [0.05, 0.1) is 6.61 Å². The maximum absolute atomic E-state index is 10.3.